The Morgan fingerprint density at radius 2 is 1.86 bits per heavy atom. The first kappa shape index (κ1) is 25.2. The fourth-order valence-corrected chi connectivity index (χ4v) is 6.05. The number of hydrogen-bond donors (Lipinski definition) is 3. The number of hydrogen-bond acceptors (Lipinski definition) is 6. The van der Waals surface area contributed by atoms with E-state index in [2.05, 4.69) is 19.9 Å². The molecule has 0 amide bonds. The van der Waals surface area contributed by atoms with Crippen LogP contribution in [0, 0.1) is 0 Å². The molecule has 0 bridgehead atoms. The standard InChI is InChI=1S/C24H33N5O5S/c1-4-34-21-9-8-18(35(32,33)29-11-5-10-28(3)12-13-29)15-19(21)16(2)6-7-17-14-20-22(25-17)23(30)27-24(31)26-20/h8-9,14-16,25H,4-7,10-13H2,1-3H3,(H2,26,27,30,31). The van der Waals surface area contributed by atoms with Crippen LogP contribution in [0.1, 0.15) is 43.9 Å². The molecule has 0 radical (unpaired) electrons. The minimum absolute atomic E-state index is 0.00860. The monoisotopic (exact) mass is 503 g/mol. The van der Waals surface area contributed by atoms with Gasteiger partial charge in [0.2, 0.25) is 10.0 Å². The average Bonchev–Trinajstić information content (AvgIpc) is 3.09. The Labute approximate surface area is 204 Å². The van der Waals surface area contributed by atoms with Crippen LogP contribution in [0.25, 0.3) is 11.0 Å². The molecule has 4 rings (SSSR count). The molecule has 3 heterocycles. The summed E-state index contributed by atoms with van der Waals surface area (Å²) in [4.78, 5) is 33.9. The first-order valence-electron chi connectivity index (χ1n) is 12.0. The van der Waals surface area contributed by atoms with E-state index in [0.29, 0.717) is 55.9 Å². The molecule has 190 valence electrons. The number of fused-ring (bicyclic) bond motifs is 1. The van der Waals surface area contributed by atoms with Crippen molar-refractivity contribution in [2.24, 2.45) is 0 Å². The predicted octanol–water partition coefficient (Wildman–Crippen LogP) is 2.01. The van der Waals surface area contributed by atoms with Gasteiger partial charge in [0.25, 0.3) is 5.56 Å². The minimum Gasteiger partial charge on any atom is -0.494 e. The van der Waals surface area contributed by atoms with Gasteiger partial charge in [-0.15, -0.1) is 0 Å². The third-order valence-electron chi connectivity index (χ3n) is 6.55. The summed E-state index contributed by atoms with van der Waals surface area (Å²) < 4.78 is 34.3. The van der Waals surface area contributed by atoms with Gasteiger partial charge in [-0.2, -0.15) is 4.31 Å². The molecular formula is C24H33N5O5S. The van der Waals surface area contributed by atoms with Gasteiger partial charge in [-0.25, -0.2) is 13.2 Å². The fourth-order valence-electron chi connectivity index (χ4n) is 4.54. The maximum atomic E-state index is 13.4. The lowest BCUT2D eigenvalue weighted by atomic mass is 9.94. The Morgan fingerprint density at radius 1 is 1.06 bits per heavy atom. The van der Waals surface area contributed by atoms with Crippen LogP contribution < -0.4 is 16.0 Å². The molecule has 3 N–H and O–H groups in total. The lowest BCUT2D eigenvalue weighted by Gasteiger charge is -2.22. The number of nitrogens with one attached hydrogen (secondary N) is 3. The molecule has 0 spiro atoms. The third kappa shape index (κ3) is 5.52. The van der Waals surface area contributed by atoms with E-state index >= 15 is 0 Å². The van der Waals surface area contributed by atoms with Crippen molar-refractivity contribution in [3.8, 4) is 5.75 Å². The molecule has 0 saturated carbocycles. The number of ether oxygens (including phenoxy) is 1. The molecule has 1 unspecified atom stereocenters. The van der Waals surface area contributed by atoms with Gasteiger partial charge in [0.05, 0.1) is 17.0 Å². The maximum absolute atomic E-state index is 13.4. The summed E-state index contributed by atoms with van der Waals surface area (Å²) in [5.41, 5.74) is 1.44. The topological polar surface area (TPSA) is 131 Å². The van der Waals surface area contributed by atoms with Gasteiger partial charge in [0, 0.05) is 25.3 Å². The number of aromatic amines is 3. The van der Waals surface area contributed by atoms with E-state index < -0.39 is 21.3 Å². The van der Waals surface area contributed by atoms with Crippen molar-refractivity contribution in [1.29, 1.82) is 0 Å². The van der Waals surface area contributed by atoms with Gasteiger partial charge in [-0.3, -0.25) is 9.78 Å². The second-order valence-corrected chi connectivity index (χ2v) is 11.1. The highest BCUT2D eigenvalue weighted by Crippen LogP contribution is 2.33. The summed E-state index contributed by atoms with van der Waals surface area (Å²) in [6, 6.07) is 6.89. The summed E-state index contributed by atoms with van der Waals surface area (Å²) >= 11 is 0. The highest BCUT2D eigenvalue weighted by Gasteiger charge is 2.27. The molecule has 1 aromatic carbocycles. The third-order valence-corrected chi connectivity index (χ3v) is 8.45. The summed E-state index contributed by atoms with van der Waals surface area (Å²) in [6.45, 7) is 6.97. The SMILES string of the molecule is CCOc1ccc(S(=O)(=O)N2CCCN(C)CC2)cc1C(C)CCc1cc2[nH]c(=O)[nH]c(=O)c2[nH]1. The smallest absolute Gasteiger partial charge is 0.326 e. The second-order valence-electron chi connectivity index (χ2n) is 9.12. The van der Waals surface area contributed by atoms with Crippen molar-refractivity contribution in [1.82, 2.24) is 24.2 Å². The summed E-state index contributed by atoms with van der Waals surface area (Å²) in [7, 11) is -1.61. The lowest BCUT2D eigenvalue weighted by molar-refractivity contribution is 0.333. The van der Waals surface area contributed by atoms with Crippen LogP contribution in [0.5, 0.6) is 5.75 Å². The number of rotatable bonds is 8. The van der Waals surface area contributed by atoms with Crippen LogP contribution in [0.3, 0.4) is 0 Å². The normalized spacial score (nSPS) is 16.9. The fraction of sp³-hybridized carbons (Fsp3) is 0.500. The Bertz CT molecular complexity index is 1410. The largest absolute Gasteiger partial charge is 0.494 e. The van der Waals surface area contributed by atoms with Crippen molar-refractivity contribution in [3.63, 3.8) is 0 Å². The molecule has 10 nitrogen and oxygen atoms in total. The van der Waals surface area contributed by atoms with Gasteiger partial charge in [0.1, 0.15) is 11.3 Å². The Kier molecular flexibility index (Phi) is 7.48. The van der Waals surface area contributed by atoms with E-state index in [4.69, 9.17) is 4.74 Å². The van der Waals surface area contributed by atoms with Gasteiger partial charge in [-0.05, 0) is 75.5 Å². The number of H-pyrrole nitrogens is 3. The van der Waals surface area contributed by atoms with Gasteiger partial charge in [-0.1, -0.05) is 6.92 Å². The zero-order chi connectivity index (χ0) is 25.2. The maximum Gasteiger partial charge on any atom is 0.326 e. The van der Waals surface area contributed by atoms with Crippen LogP contribution in [-0.2, 0) is 16.4 Å². The number of nitrogens with zero attached hydrogens (tertiary/aromatic N) is 2. The molecule has 1 saturated heterocycles. The van der Waals surface area contributed by atoms with E-state index in [-0.39, 0.29) is 10.8 Å². The lowest BCUT2D eigenvalue weighted by Crippen LogP contribution is -2.34. The van der Waals surface area contributed by atoms with Crippen molar-refractivity contribution >= 4 is 21.1 Å². The van der Waals surface area contributed by atoms with E-state index in [9.17, 15) is 18.0 Å². The molecule has 1 aliphatic heterocycles. The molecule has 11 heteroatoms. The van der Waals surface area contributed by atoms with E-state index in [1.165, 1.54) is 0 Å². The van der Waals surface area contributed by atoms with Gasteiger partial charge in [0.15, 0.2) is 0 Å². The van der Waals surface area contributed by atoms with Crippen LogP contribution in [0.4, 0.5) is 0 Å². The Hall–Kier alpha value is -2.89. The van der Waals surface area contributed by atoms with Gasteiger partial charge < -0.3 is 19.6 Å². The number of likely N-dealkylation sites (N-methyl/N-ethyl adjacent to an activating group) is 1. The van der Waals surface area contributed by atoms with Crippen molar-refractivity contribution in [2.75, 3.05) is 39.8 Å². The van der Waals surface area contributed by atoms with Crippen molar-refractivity contribution in [3.05, 3.63) is 56.4 Å². The van der Waals surface area contributed by atoms with Crippen LogP contribution in [0.2, 0.25) is 0 Å². The van der Waals surface area contributed by atoms with Crippen LogP contribution in [0.15, 0.2) is 38.8 Å². The molecule has 1 atom stereocenters. The van der Waals surface area contributed by atoms with Crippen molar-refractivity contribution < 1.29 is 13.2 Å². The first-order chi connectivity index (χ1) is 16.7. The van der Waals surface area contributed by atoms with E-state index in [1.54, 1.807) is 28.6 Å². The highest BCUT2D eigenvalue weighted by atomic mass is 32.2. The molecule has 1 fully saturated rings. The summed E-state index contributed by atoms with van der Waals surface area (Å²) in [5, 5.41) is 0. The van der Waals surface area contributed by atoms with E-state index in [0.717, 1.165) is 24.2 Å². The number of benzene rings is 1. The molecule has 2 aromatic heterocycles. The molecule has 1 aliphatic rings. The summed E-state index contributed by atoms with van der Waals surface area (Å²) in [6.07, 6.45) is 2.10. The summed E-state index contributed by atoms with van der Waals surface area (Å²) in [5.74, 6) is 0.665. The highest BCUT2D eigenvalue weighted by molar-refractivity contribution is 7.89. The Balaban J connectivity index is 1.58. The molecule has 3 aromatic rings. The van der Waals surface area contributed by atoms with Crippen molar-refractivity contribution in [2.45, 2.75) is 43.9 Å². The number of aryl methyl sites for hydroxylation is 1. The zero-order valence-corrected chi connectivity index (χ0v) is 21.2. The average molecular weight is 504 g/mol. The Morgan fingerprint density at radius 3 is 2.63 bits per heavy atom. The van der Waals surface area contributed by atoms with Crippen LogP contribution >= 0.6 is 0 Å². The number of aromatic nitrogens is 3. The molecule has 35 heavy (non-hydrogen) atoms. The molecule has 0 aliphatic carbocycles. The second kappa shape index (κ2) is 10.4. The molecular weight excluding hydrogens is 470 g/mol. The van der Waals surface area contributed by atoms with Gasteiger partial charge >= 0.3 is 5.69 Å². The first-order valence-corrected chi connectivity index (χ1v) is 13.4. The zero-order valence-electron chi connectivity index (χ0n) is 20.4. The quantitative estimate of drug-likeness (QED) is 0.431. The predicted molar refractivity (Wildman–Crippen MR) is 135 cm³/mol. The minimum atomic E-state index is -3.62. The van der Waals surface area contributed by atoms with Crippen LogP contribution in [-0.4, -0.2) is 72.4 Å². The van der Waals surface area contributed by atoms with E-state index in [1.807, 2.05) is 20.9 Å². The number of sulfonamides is 1.